The Morgan fingerprint density at radius 3 is 3.00 bits per heavy atom. The molecule has 1 atom stereocenters. The lowest BCUT2D eigenvalue weighted by atomic mass is 10.1. The number of hydrogen-bond acceptors (Lipinski definition) is 3. The average molecular weight is 281 g/mol. The van der Waals surface area contributed by atoms with Gasteiger partial charge in [0.25, 0.3) is 0 Å². The summed E-state index contributed by atoms with van der Waals surface area (Å²) in [7, 11) is 0. The van der Waals surface area contributed by atoms with Gasteiger partial charge < -0.3 is 4.90 Å². The second-order valence-electron chi connectivity index (χ2n) is 4.57. The maximum Gasteiger partial charge on any atom is 0.101 e. The van der Waals surface area contributed by atoms with E-state index in [0.717, 1.165) is 24.3 Å². The van der Waals surface area contributed by atoms with Crippen LogP contribution < -0.4 is 4.90 Å². The monoisotopic (exact) mass is 280 g/mol. The zero-order chi connectivity index (χ0) is 13.0. The van der Waals surface area contributed by atoms with Crippen LogP contribution in [0.5, 0.6) is 0 Å². The molecule has 4 heteroatoms. The van der Waals surface area contributed by atoms with Gasteiger partial charge in [0.05, 0.1) is 11.3 Å². The number of rotatable bonds is 2. The van der Waals surface area contributed by atoms with Crippen LogP contribution in [0.15, 0.2) is 18.2 Å². The average Bonchev–Trinajstić information content (AvgIpc) is 2.64. The largest absolute Gasteiger partial charge is 0.369 e. The maximum atomic E-state index is 9.21. The first-order valence-corrected chi connectivity index (χ1v) is 7.88. The lowest BCUT2D eigenvalue weighted by molar-refractivity contribution is 0.736. The second-order valence-corrected chi connectivity index (χ2v) is 6.15. The van der Waals surface area contributed by atoms with Gasteiger partial charge in [-0.05, 0) is 37.3 Å². The van der Waals surface area contributed by atoms with Crippen molar-refractivity contribution in [3.05, 3.63) is 28.8 Å². The van der Waals surface area contributed by atoms with Crippen LogP contribution in [0.2, 0.25) is 5.02 Å². The van der Waals surface area contributed by atoms with Crippen LogP contribution in [0.25, 0.3) is 0 Å². The summed E-state index contributed by atoms with van der Waals surface area (Å²) in [6, 6.07) is 7.79. The Labute approximate surface area is 118 Å². The van der Waals surface area contributed by atoms with Crippen molar-refractivity contribution in [1.29, 1.82) is 5.26 Å². The summed E-state index contributed by atoms with van der Waals surface area (Å²) < 4.78 is 0. The molecule has 96 valence electrons. The molecule has 1 unspecified atom stereocenters. The van der Waals surface area contributed by atoms with Gasteiger partial charge in [0.15, 0.2) is 0 Å². The van der Waals surface area contributed by atoms with Gasteiger partial charge >= 0.3 is 0 Å². The van der Waals surface area contributed by atoms with E-state index in [2.05, 4.69) is 17.2 Å². The fourth-order valence-electron chi connectivity index (χ4n) is 2.38. The van der Waals surface area contributed by atoms with Crippen molar-refractivity contribution in [1.82, 2.24) is 0 Å². The van der Waals surface area contributed by atoms with Gasteiger partial charge in [-0.3, -0.25) is 0 Å². The van der Waals surface area contributed by atoms with Crippen molar-refractivity contribution in [2.45, 2.75) is 24.5 Å². The third kappa shape index (κ3) is 3.13. The molecule has 1 heterocycles. The van der Waals surface area contributed by atoms with Crippen molar-refractivity contribution < 1.29 is 0 Å². The van der Waals surface area contributed by atoms with Gasteiger partial charge in [-0.2, -0.15) is 17.0 Å². The van der Waals surface area contributed by atoms with Crippen molar-refractivity contribution in [2.24, 2.45) is 0 Å². The van der Waals surface area contributed by atoms with E-state index in [1.54, 1.807) is 6.07 Å². The first kappa shape index (κ1) is 13.6. The quantitative estimate of drug-likeness (QED) is 0.821. The van der Waals surface area contributed by atoms with E-state index < -0.39 is 0 Å². The van der Waals surface area contributed by atoms with E-state index in [1.807, 2.05) is 23.9 Å². The minimum Gasteiger partial charge on any atom is -0.369 e. The predicted octanol–water partition coefficient (Wildman–Crippen LogP) is 3.93. The lowest BCUT2D eigenvalue weighted by Crippen LogP contribution is -2.30. The highest BCUT2D eigenvalue weighted by Gasteiger charge is 2.19. The van der Waals surface area contributed by atoms with E-state index in [9.17, 15) is 5.26 Å². The number of benzene rings is 1. The highest BCUT2D eigenvalue weighted by Crippen LogP contribution is 2.29. The molecule has 0 spiro atoms. The topological polar surface area (TPSA) is 27.0 Å². The minimum atomic E-state index is 0.651. The molecule has 0 bridgehead atoms. The van der Waals surface area contributed by atoms with E-state index in [1.165, 1.54) is 19.3 Å². The molecule has 1 aliphatic heterocycles. The molecule has 18 heavy (non-hydrogen) atoms. The first-order valence-electron chi connectivity index (χ1n) is 6.22. The van der Waals surface area contributed by atoms with Crippen LogP contribution in [-0.2, 0) is 0 Å². The predicted molar refractivity (Wildman–Crippen MR) is 79.5 cm³/mol. The lowest BCUT2D eigenvalue weighted by Gasteiger charge is -2.26. The smallest absolute Gasteiger partial charge is 0.101 e. The van der Waals surface area contributed by atoms with E-state index in [0.29, 0.717) is 10.3 Å². The Kier molecular flexibility index (Phi) is 4.79. The fourth-order valence-corrected chi connectivity index (χ4v) is 3.27. The van der Waals surface area contributed by atoms with Gasteiger partial charge in [0, 0.05) is 23.4 Å². The zero-order valence-corrected chi connectivity index (χ0v) is 12.1. The molecule has 2 nitrogen and oxygen atoms in total. The Hall–Kier alpha value is -0.850. The van der Waals surface area contributed by atoms with Crippen LogP contribution in [0.1, 0.15) is 24.8 Å². The van der Waals surface area contributed by atoms with Gasteiger partial charge in [-0.1, -0.05) is 18.0 Å². The van der Waals surface area contributed by atoms with Crippen LogP contribution in [0.3, 0.4) is 0 Å². The molecular formula is C14H17ClN2S. The standard InChI is InChI=1S/C14H17ClN2S/c1-18-13-4-2-3-7-17(10-13)14-8-12(15)6-5-11(14)9-16/h5-6,8,13H,2-4,7,10H2,1H3. The summed E-state index contributed by atoms with van der Waals surface area (Å²) in [5.74, 6) is 0. The van der Waals surface area contributed by atoms with E-state index in [-0.39, 0.29) is 0 Å². The molecule has 1 aromatic rings. The minimum absolute atomic E-state index is 0.651. The molecule has 1 aliphatic rings. The van der Waals surface area contributed by atoms with Crippen LogP contribution in [0.4, 0.5) is 5.69 Å². The van der Waals surface area contributed by atoms with E-state index >= 15 is 0 Å². The van der Waals surface area contributed by atoms with Gasteiger partial charge in [0.1, 0.15) is 6.07 Å². The number of thioether (sulfide) groups is 1. The van der Waals surface area contributed by atoms with Crippen molar-refractivity contribution >= 4 is 29.1 Å². The summed E-state index contributed by atoms with van der Waals surface area (Å²) >= 11 is 7.98. The Morgan fingerprint density at radius 2 is 2.28 bits per heavy atom. The normalized spacial score (nSPS) is 20.3. The summed E-state index contributed by atoms with van der Waals surface area (Å²) in [5.41, 5.74) is 1.71. The molecular weight excluding hydrogens is 264 g/mol. The SMILES string of the molecule is CSC1CCCCN(c2cc(Cl)ccc2C#N)C1. The fraction of sp³-hybridized carbons (Fsp3) is 0.500. The molecule has 0 saturated carbocycles. The molecule has 1 fully saturated rings. The molecule has 0 amide bonds. The van der Waals surface area contributed by atoms with Crippen molar-refractivity contribution in [2.75, 3.05) is 24.2 Å². The number of hydrogen-bond donors (Lipinski definition) is 0. The third-order valence-electron chi connectivity index (χ3n) is 3.38. The summed E-state index contributed by atoms with van der Waals surface area (Å²) in [6.07, 6.45) is 5.89. The molecule has 1 aromatic carbocycles. The molecule has 0 aliphatic carbocycles. The Bertz CT molecular complexity index is 456. The number of halogens is 1. The first-order chi connectivity index (χ1) is 8.74. The highest BCUT2D eigenvalue weighted by atomic mass is 35.5. The van der Waals surface area contributed by atoms with Crippen molar-refractivity contribution in [3.8, 4) is 6.07 Å². The number of nitriles is 1. The Morgan fingerprint density at radius 1 is 1.44 bits per heavy atom. The summed E-state index contributed by atoms with van der Waals surface area (Å²) in [6.45, 7) is 2.03. The maximum absolute atomic E-state index is 9.21. The summed E-state index contributed by atoms with van der Waals surface area (Å²) in [4.78, 5) is 2.32. The number of nitrogens with zero attached hydrogens (tertiary/aromatic N) is 2. The van der Waals surface area contributed by atoms with Gasteiger partial charge in [-0.15, -0.1) is 0 Å². The van der Waals surface area contributed by atoms with Crippen LogP contribution in [0, 0.1) is 11.3 Å². The highest BCUT2D eigenvalue weighted by molar-refractivity contribution is 7.99. The molecule has 1 saturated heterocycles. The van der Waals surface area contributed by atoms with Gasteiger partial charge in [-0.25, -0.2) is 0 Å². The van der Waals surface area contributed by atoms with Gasteiger partial charge in [0.2, 0.25) is 0 Å². The second kappa shape index (κ2) is 6.36. The van der Waals surface area contributed by atoms with Crippen LogP contribution in [-0.4, -0.2) is 24.6 Å². The number of anilines is 1. The van der Waals surface area contributed by atoms with Crippen molar-refractivity contribution in [3.63, 3.8) is 0 Å². The zero-order valence-electron chi connectivity index (χ0n) is 10.5. The molecule has 2 rings (SSSR count). The Balaban J connectivity index is 2.29. The molecule has 0 radical (unpaired) electrons. The summed E-state index contributed by atoms with van der Waals surface area (Å²) in [5, 5.41) is 10.6. The van der Waals surface area contributed by atoms with Crippen LogP contribution >= 0.6 is 23.4 Å². The molecule has 0 aromatic heterocycles. The molecule has 0 N–H and O–H groups in total. The van der Waals surface area contributed by atoms with E-state index in [4.69, 9.17) is 11.6 Å². The third-order valence-corrected chi connectivity index (χ3v) is 4.67.